The molecule has 0 aliphatic carbocycles. The van der Waals surface area contributed by atoms with Crippen LogP contribution in [0.5, 0.6) is 23.0 Å². The summed E-state index contributed by atoms with van der Waals surface area (Å²) in [5.74, 6) is 4.43. The quantitative estimate of drug-likeness (QED) is 0.167. The number of aryl methyl sites for hydroxylation is 2. The third-order valence-electron chi connectivity index (χ3n) is 7.85. The molecule has 3 aromatic carbocycles. The molecule has 1 unspecified atom stereocenters. The van der Waals surface area contributed by atoms with Crippen LogP contribution >= 0.6 is 11.8 Å². The van der Waals surface area contributed by atoms with Gasteiger partial charge < -0.3 is 39.9 Å². The average molecular weight is 710 g/mol. The lowest BCUT2D eigenvalue weighted by Gasteiger charge is -2.12. The summed E-state index contributed by atoms with van der Waals surface area (Å²) in [6, 6.07) is 15.6. The SMILES string of the molecule is COc1ccc2nc(S(=O)Cc3ncc(C)c(OC)c3C)[nH]c2c1.COc1ccc2nc(SCc3ccc(C)c(OC)c3C)[nH]c2c1.O.O. The number of rotatable bonds is 10. The maximum Gasteiger partial charge on any atom is 0.197 e. The van der Waals surface area contributed by atoms with Crippen molar-refractivity contribution in [3.05, 3.63) is 88.2 Å². The summed E-state index contributed by atoms with van der Waals surface area (Å²) >= 11 is 1.69. The van der Waals surface area contributed by atoms with Gasteiger partial charge in [0.05, 0.1) is 72.8 Å². The second-order valence-corrected chi connectivity index (χ2v) is 13.2. The van der Waals surface area contributed by atoms with Crippen LogP contribution in [-0.4, -0.2) is 68.5 Å². The molecule has 12 nitrogen and oxygen atoms in total. The summed E-state index contributed by atoms with van der Waals surface area (Å²) in [6.07, 6.45) is 1.74. The molecule has 3 aromatic heterocycles. The predicted octanol–water partition coefficient (Wildman–Crippen LogP) is 5.74. The molecule has 0 aliphatic rings. The van der Waals surface area contributed by atoms with Crippen LogP contribution in [0.25, 0.3) is 22.1 Å². The van der Waals surface area contributed by atoms with Gasteiger partial charge in [-0.3, -0.25) is 9.19 Å². The molecule has 0 fully saturated rings. The number of aromatic nitrogens is 5. The third-order valence-corrected chi connectivity index (χ3v) is 9.93. The lowest BCUT2D eigenvalue weighted by atomic mass is 10.1. The van der Waals surface area contributed by atoms with Crippen molar-refractivity contribution in [3.63, 3.8) is 0 Å². The Kier molecular flexibility index (Phi) is 13.6. The van der Waals surface area contributed by atoms with E-state index in [1.807, 2.05) is 50.2 Å². The smallest absolute Gasteiger partial charge is 0.197 e. The molecule has 0 amide bonds. The van der Waals surface area contributed by atoms with Gasteiger partial charge in [-0.15, -0.1) is 0 Å². The van der Waals surface area contributed by atoms with Gasteiger partial charge in [-0.2, -0.15) is 0 Å². The molecule has 0 bridgehead atoms. The van der Waals surface area contributed by atoms with Crippen LogP contribution in [0, 0.1) is 27.7 Å². The average Bonchev–Trinajstić information content (AvgIpc) is 3.69. The predicted molar refractivity (Wildman–Crippen MR) is 195 cm³/mol. The summed E-state index contributed by atoms with van der Waals surface area (Å²) in [5.41, 5.74) is 9.71. The molecule has 49 heavy (non-hydrogen) atoms. The Morgan fingerprint density at radius 3 is 1.92 bits per heavy atom. The van der Waals surface area contributed by atoms with Gasteiger partial charge in [0.2, 0.25) is 0 Å². The van der Waals surface area contributed by atoms with Gasteiger partial charge in [0.15, 0.2) is 10.3 Å². The first-order chi connectivity index (χ1) is 22.6. The highest BCUT2D eigenvalue weighted by Gasteiger charge is 2.16. The Balaban J connectivity index is 0.000000255. The van der Waals surface area contributed by atoms with E-state index in [1.54, 1.807) is 46.4 Å². The first-order valence-corrected chi connectivity index (χ1v) is 17.2. The van der Waals surface area contributed by atoms with Crippen molar-refractivity contribution in [2.24, 2.45) is 0 Å². The zero-order valence-corrected chi connectivity index (χ0v) is 30.4. The van der Waals surface area contributed by atoms with Crippen molar-refractivity contribution in [3.8, 4) is 23.0 Å². The molecule has 0 saturated heterocycles. The molecule has 0 radical (unpaired) electrons. The number of imidazole rings is 2. The molecule has 0 spiro atoms. The normalized spacial score (nSPS) is 11.2. The minimum absolute atomic E-state index is 0. The van der Waals surface area contributed by atoms with Crippen molar-refractivity contribution < 1.29 is 34.1 Å². The van der Waals surface area contributed by atoms with Crippen LogP contribution in [0.2, 0.25) is 0 Å². The Morgan fingerprint density at radius 1 is 0.714 bits per heavy atom. The molecule has 1 atom stereocenters. The lowest BCUT2D eigenvalue weighted by molar-refractivity contribution is 0.407. The number of pyridine rings is 1. The first-order valence-electron chi connectivity index (χ1n) is 14.9. The zero-order valence-electron chi connectivity index (χ0n) is 28.8. The molecular weight excluding hydrogens is 667 g/mol. The number of hydrogen-bond acceptors (Lipinski definition) is 9. The van der Waals surface area contributed by atoms with Gasteiger partial charge in [-0.1, -0.05) is 23.9 Å². The van der Waals surface area contributed by atoms with E-state index in [1.165, 1.54) is 11.1 Å². The lowest BCUT2D eigenvalue weighted by Crippen LogP contribution is -2.05. The summed E-state index contributed by atoms with van der Waals surface area (Å²) < 4.78 is 34.0. The zero-order chi connectivity index (χ0) is 33.7. The van der Waals surface area contributed by atoms with Gasteiger partial charge in [-0.25, -0.2) is 9.97 Å². The fraction of sp³-hybridized carbons (Fsp3) is 0.286. The van der Waals surface area contributed by atoms with E-state index >= 15 is 0 Å². The van der Waals surface area contributed by atoms with Crippen LogP contribution in [0.4, 0.5) is 0 Å². The van der Waals surface area contributed by atoms with E-state index in [0.29, 0.717) is 5.16 Å². The number of H-pyrrole nitrogens is 2. The molecule has 262 valence electrons. The number of benzene rings is 3. The molecule has 3 heterocycles. The highest BCUT2D eigenvalue weighted by Crippen LogP contribution is 2.31. The second-order valence-electron chi connectivity index (χ2n) is 10.9. The van der Waals surface area contributed by atoms with Crippen LogP contribution in [0.3, 0.4) is 0 Å². The minimum atomic E-state index is -1.33. The van der Waals surface area contributed by atoms with Crippen LogP contribution in [-0.2, 0) is 22.3 Å². The number of thioether (sulfide) groups is 1. The monoisotopic (exact) mass is 709 g/mol. The van der Waals surface area contributed by atoms with Crippen LogP contribution in [0.15, 0.2) is 65.0 Å². The minimum Gasteiger partial charge on any atom is -0.497 e. The molecule has 6 aromatic rings. The Hall–Kier alpha value is -4.63. The Bertz CT molecular complexity index is 2060. The van der Waals surface area contributed by atoms with Crippen LogP contribution in [0.1, 0.15) is 33.5 Å². The van der Waals surface area contributed by atoms with Gasteiger partial charge in [-0.05, 0) is 68.7 Å². The summed E-state index contributed by atoms with van der Waals surface area (Å²) in [6.45, 7) is 8.03. The van der Waals surface area contributed by atoms with Gasteiger partial charge in [0, 0.05) is 35.2 Å². The van der Waals surface area contributed by atoms with Crippen molar-refractivity contribution in [1.82, 2.24) is 24.9 Å². The summed E-state index contributed by atoms with van der Waals surface area (Å²) in [5, 5.41) is 1.34. The molecule has 14 heteroatoms. The number of fused-ring (bicyclic) bond motifs is 2. The van der Waals surface area contributed by atoms with Crippen molar-refractivity contribution in [2.45, 2.75) is 49.5 Å². The standard InChI is InChI=1S/C18H20N2O2S.C17H19N3O3S.2H2O/c1-11-5-6-13(12(2)17(11)22-4)10-23-18-19-15-8-7-14(21-3)9-16(15)20-18;1-10-8-18-15(11(2)16(10)23-4)9-24(21)17-19-13-6-5-12(22-3)7-14(13)20-17;;/h5-9H,10H2,1-4H3,(H,19,20);5-8H,9H2,1-4H3,(H,19,20);2*1H2. The van der Waals surface area contributed by atoms with Crippen LogP contribution < -0.4 is 18.9 Å². The third kappa shape index (κ3) is 8.70. The van der Waals surface area contributed by atoms with E-state index in [9.17, 15) is 4.21 Å². The maximum atomic E-state index is 12.7. The number of aromatic amines is 2. The van der Waals surface area contributed by atoms with E-state index < -0.39 is 10.8 Å². The summed E-state index contributed by atoms with van der Waals surface area (Å²) in [7, 11) is 5.29. The molecular formula is C35H43N5O7S2. The first kappa shape index (κ1) is 38.8. The Morgan fingerprint density at radius 2 is 1.31 bits per heavy atom. The van der Waals surface area contributed by atoms with E-state index in [0.717, 1.165) is 78.4 Å². The topological polar surface area (TPSA) is 187 Å². The highest BCUT2D eigenvalue weighted by molar-refractivity contribution is 7.98. The Labute approximate surface area is 292 Å². The van der Waals surface area contributed by atoms with Gasteiger partial charge >= 0.3 is 0 Å². The molecule has 6 N–H and O–H groups in total. The maximum absolute atomic E-state index is 12.7. The van der Waals surface area contributed by atoms with Gasteiger partial charge in [0.1, 0.15) is 23.0 Å². The highest BCUT2D eigenvalue weighted by atomic mass is 32.2. The fourth-order valence-corrected chi connectivity index (χ4v) is 7.30. The van der Waals surface area contributed by atoms with E-state index in [4.69, 9.17) is 18.9 Å². The number of nitrogens with one attached hydrogen (secondary N) is 2. The van der Waals surface area contributed by atoms with Crippen molar-refractivity contribution >= 4 is 44.6 Å². The number of nitrogens with zero attached hydrogens (tertiary/aromatic N) is 3. The number of hydrogen-bond donors (Lipinski definition) is 2. The fourth-order valence-electron chi connectivity index (χ4n) is 5.25. The summed E-state index contributed by atoms with van der Waals surface area (Å²) in [4.78, 5) is 19.9. The second kappa shape index (κ2) is 17.2. The molecule has 0 aliphatic heterocycles. The van der Waals surface area contributed by atoms with Crippen molar-refractivity contribution in [2.75, 3.05) is 28.4 Å². The van der Waals surface area contributed by atoms with Crippen molar-refractivity contribution in [1.29, 1.82) is 0 Å². The van der Waals surface area contributed by atoms with E-state index in [-0.39, 0.29) is 16.7 Å². The van der Waals surface area contributed by atoms with E-state index in [2.05, 4.69) is 50.9 Å². The largest absolute Gasteiger partial charge is 0.497 e. The number of methoxy groups -OCH3 is 4. The number of ether oxygens (including phenoxy) is 4. The molecule has 0 saturated carbocycles. The molecule has 6 rings (SSSR count). The van der Waals surface area contributed by atoms with Gasteiger partial charge in [0.25, 0.3) is 0 Å².